The van der Waals surface area contributed by atoms with E-state index in [9.17, 15) is 0 Å². The fourth-order valence-electron chi connectivity index (χ4n) is 1.34. The molecule has 0 bridgehead atoms. The van der Waals surface area contributed by atoms with Crippen molar-refractivity contribution in [3.63, 3.8) is 0 Å². The minimum atomic E-state index is 0.446. The summed E-state index contributed by atoms with van der Waals surface area (Å²) >= 11 is 0. The molecule has 13 heavy (non-hydrogen) atoms. The maximum Gasteiger partial charge on any atom is 0.0289 e. The molecule has 1 N–H and O–H groups in total. The molecule has 0 saturated heterocycles. The Hall–Kier alpha value is -0.820. The van der Waals surface area contributed by atoms with Gasteiger partial charge < -0.3 is 5.32 Å². The molecule has 1 nitrogen and oxygen atoms in total. The van der Waals surface area contributed by atoms with Crippen molar-refractivity contribution in [3.8, 4) is 0 Å². The summed E-state index contributed by atoms with van der Waals surface area (Å²) in [5.74, 6) is 0.624. The van der Waals surface area contributed by atoms with Gasteiger partial charge in [-0.3, -0.25) is 0 Å². The Kier molecular flexibility index (Phi) is 3.49. The summed E-state index contributed by atoms with van der Waals surface area (Å²) in [6.45, 7) is 6.61. The van der Waals surface area contributed by atoms with E-state index < -0.39 is 0 Å². The van der Waals surface area contributed by atoms with Gasteiger partial charge in [0.05, 0.1) is 0 Å². The zero-order chi connectivity index (χ0) is 9.84. The molecule has 1 rings (SSSR count). The first-order valence-corrected chi connectivity index (χ1v) is 4.92. The van der Waals surface area contributed by atoms with E-state index in [1.165, 1.54) is 11.1 Å². The molecule has 0 spiro atoms. The predicted molar refractivity (Wildman–Crippen MR) is 58.0 cm³/mol. The van der Waals surface area contributed by atoms with Gasteiger partial charge >= 0.3 is 0 Å². The number of hydrogen-bond acceptors (Lipinski definition) is 1. The van der Waals surface area contributed by atoms with Crippen LogP contribution in [0.2, 0.25) is 0 Å². The van der Waals surface area contributed by atoms with Crippen LogP contribution >= 0.6 is 0 Å². The molecule has 1 atom stereocenters. The van der Waals surface area contributed by atoms with Crippen molar-refractivity contribution in [3.05, 3.63) is 35.4 Å². The molecular formula is C12H19N. The Morgan fingerprint density at radius 3 is 1.77 bits per heavy atom. The Morgan fingerprint density at radius 1 is 0.923 bits per heavy atom. The molecule has 0 radical (unpaired) electrons. The Bertz CT molecular complexity index is 248. The third-order valence-electron chi connectivity index (χ3n) is 2.54. The molecule has 0 amide bonds. The summed E-state index contributed by atoms with van der Waals surface area (Å²) in [4.78, 5) is 0. The summed E-state index contributed by atoms with van der Waals surface area (Å²) in [5, 5.41) is 3.23. The van der Waals surface area contributed by atoms with Crippen LogP contribution in [0.3, 0.4) is 0 Å². The number of benzene rings is 1. The Balaban J connectivity index is 2.81. The molecule has 0 aliphatic carbocycles. The molecule has 1 aromatic carbocycles. The first-order chi connectivity index (χ1) is 6.15. The lowest BCUT2D eigenvalue weighted by atomic mass is 10.00. The summed E-state index contributed by atoms with van der Waals surface area (Å²) in [6, 6.07) is 9.29. The standard InChI is InChI=1S/C12H19N/c1-9(2)11-5-7-12(8-6-11)10(3)13-4/h5-10,13H,1-4H3. The highest BCUT2D eigenvalue weighted by atomic mass is 14.8. The molecule has 0 heterocycles. The Labute approximate surface area is 81.2 Å². The van der Waals surface area contributed by atoms with E-state index in [1.807, 2.05) is 7.05 Å². The summed E-state index contributed by atoms with van der Waals surface area (Å²) in [6.07, 6.45) is 0. The highest BCUT2D eigenvalue weighted by molar-refractivity contribution is 5.26. The zero-order valence-corrected chi connectivity index (χ0v) is 8.96. The molecule has 1 aromatic rings. The van der Waals surface area contributed by atoms with Crippen LogP contribution in [0.1, 0.15) is 43.9 Å². The zero-order valence-electron chi connectivity index (χ0n) is 8.96. The van der Waals surface area contributed by atoms with Crippen LogP contribution in [-0.4, -0.2) is 7.05 Å². The summed E-state index contributed by atoms with van der Waals surface area (Å²) < 4.78 is 0. The van der Waals surface area contributed by atoms with Crippen molar-refractivity contribution in [1.29, 1.82) is 0 Å². The second kappa shape index (κ2) is 4.43. The number of nitrogens with one attached hydrogen (secondary N) is 1. The van der Waals surface area contributed by atoms with E-state index in [0.717, 1.165) is 0 Å². The molecule has 0 aliphatic heterocycles. The average molecular weight is 177 g/mol. The van der Waals surface area contributed by atoms with E-state index >= 15 is 0 Å². The van der Waals surface area contributed by atoms with Crippen LogP contribution in [0.4, 0.5) is 0 Å². The van der Waals surface area contributed by atoms with Gasteiger partial charge in [-0.2, -0.15) is 0 Å². The van der Waals surface area contributed by atoms with E-state index in [4.69, 9.17) is 0 Å². The first kappa shape index (κ1) is 10.3. The van der Waals surface area contributed by atoms with Gasteiger partial charge in [-0.15, -0.1) is 0 Å². The third-order valence-corrected chi connectivity index (χ3v) is 2.54. The van der Waals surface area contributed by atoms with Crippen molar-refractivity contribution in [2.75, 3.05) is 7.05 Å². The minimum Gasteiger partial charge on any atom is -0.313 e. The van der Waals surface area contributed by atoms with Crippen LogP contribution in [-0.2, 0) is 0 Å². The molecule has 1 heteroatoms. The molecule has 0 aromatic heterocycles. The average Bonchev–Trinajstić information content (AvgIpc) is 2.17. The highest BCUT2D eigenvalue weighted by Crippen LogP contribution is 2.17. The molecule has 0 aliphatic rings. The van der Waals surface area contributed by atoms with Gasteiger partial charge in [-0.1, -0.05) is 38.1 Å². The topological polar surface area (TPSA) is 12.0 Å². The van der Waals surface area contributed by atoms with Crippen molar-refractivity contribution >= 4 is 0 Å². The van der Waals surface area contributed by atoms with Crippen LogP contribution in [0.5, 0.6) is 0 Å². The SMILES string of the molecule is CNC(C)c1ccc(C(C)C)cc1. The lowest BCUT2D eigenvalue weighted by molar-refractivity contribution is 0.651. The van der Waals surface area contributed by atoms with Crippen LogP contribution in [0.15, 0.2) is 24.3 Å². The van der Waals surface area contributed by atoms with Gasteiger partial charge in [0.1, 0.15) is 0 Å². The second-order valence-electron chi connectivity index (χ2n) is 3.83. The Morgan fingerprint density at radius 2 is 1.38 bits per heavy atom. The molecule has 0 saturated carbocycles. The fraction of sp³-hybridized carbons (Fsp3) is 0.500. The van der Waals surface area contributed by atoms with E-state index in [0.29, 0.717) is 12.0 Å². The van der Waals surface area contributed by atoms with Gasteiger partial charge in [-0.25, -0.2) is 0 Å². The molecular weight excluding hydrogens is 158 g/mol. The first-order valence-electron chi connectivity index (χ1n) is 4.92. The van der Waals surface area contributed by atoms with Gasteiger partial charge in [0.15, 0.2) is 0 Å². The van der Waals surface area contributed by atoms with Crippen LogP contribution in [0, 0.1) is 0 Å². The van der Waals surface area contributed by atoms with E-state index in [1.54, 1.807) is 0 Å². The van der Waals surface area contributed by atoms with Crippen molar-refractivity contribution < 1.29 is 0 Å². The van der Waals surface area contributed by atoms with Crippen molar-refractivity contribution in [2.24, 2.45) is 0 Å². The normalized spacial score (nSPS) is 13.3. The maximum absolute atomic E-state index is 3.23. The highest BCUT2D eigenvalue weighted by Gasteiger charge is 2.02. The monoisotopic (exact) mass is 177 g/mol. The van der Waals surface area contributed by atoms with Gasteiger partial charge in [0.25, 0.3) is 0 Å². The number of hydrogen-bond donors (Lipinski definition) is 1. The quantitative estimate of drug-likeness (QED) is 0.748. The van der Waals surface area contributed by atoms with Gasteiger partial charge in [0, 0.05) is 6.04 Å². The fourth-order valence-corrected chi connectivity index (χ4v) is 1.34. The second-order valence-corrected chi connectivity index (χ2v) is 3.83. The molecule has 72 valence electrons. The van der Waals surface area contributed by atoms with Gasteiger partial charge in [-0.05, 0) is 31.0 Å². The third kappa shape index (κ3) is 2.56. The molecule has 1 unspecified atom stereocenters. The lowest BCUT2D eigenvalue weighted by Crippen LogP contribution is -2.12. The van der Waals surface area contributed by atoms with E-state index in [-0.39, 0.29) is 0 Å². The minimum absolute atomic E-state index is 0.446. The van der Waals surface area contributed by atoms with Gasteiger partial charge in [0.2, 0.25) is 0 Å². The summed E-state index contributed by atoms with van der Waals surface area (Å²) in [7, 11) is 1.99. The van der Waals surface area contributed by atoms with Crippen LogP contribution < -0.4 is 5.32 Å². The summed E-state index contributed by atoms with van der Waals surface area (Å²) in [5.41, 5.74) is 2.76. The lowest BCUT2D eigenvalue weighted by Gasteiger charge is -2.12. The smallest absolute Gasteiger partial charge is 0.0289 e. The maximum atomic E-state index is 3.23. The van der Waals surface area contributed by atoms with Crippen molar-refractivity contribution in [1.82, 2.24) is 5.32 Å². The number of rotatable bonds is 3. The van der Waals surface area contributed by atoms with Crippen molar-refractivity contribution in [2.45, 2.75) is 32.7 Å². The van der Waals surface area contributed by atoms with Crippen LogP contribution in [0.25, 0.3) is 0 Å². The molecule has 0 fully saturated rings. The van der Waals surface area contributed by atoms with E-state index in [2.05, 4.69) is 50.4 Å². The largest absolute Gasteiger partial charge is 0.313 e. The predicted octanol–water partition coefficient (Wildman–Crippen LogP) is 3.09.